The van der Waals surface area contributed by atoms with Crippen molar-refractivity contribution >= 4 is 11.6 Å². The van der Waals surface area contributed by atoms with Crippen molar-refractivity contribution in [3.63, 3.8) is 0 Å². The fraction of sp³-hybridized carbons (Fsp3) is 0.167. The molecule has 20 heavy (non-hydrogen) atoms. The number of halogens is 1. The van der Waals surface area contributed by atoms with Gasteiger partial charge in [-0.1, -0.05) is 0 Å². The van der Waals surface area contributed by atoms with E-state index in [0.717, 1.165) is 23.8 Å². The molecule has 104 valence electrons. The molecule has 0 unspecified atom stereocenters. The van der Waals surface area contributed by atoms with Crippen LogP contribution in [0.2, 0.25) is 0 Å². The van der Waals surface area contributed by atoms with Gasteiger partial charge in [0.05, 0.1) is 17.2 Å². The number of nitro benzene ring substituents is 1. The van der Waals surface area contributed by atoms with Gasteiger partial charge >= 0.3 is 0 Å². The molecule has 0 bridgehead atoms. The summed E-state index contributed by atoms with van der Waals surface area (Å²) in [5.74, 6) is -1.33. The van der Waals surface area contributed by atoms with Gasteiger partial charge in [-0.3, -0.25) is 20.0 Å². The topological polar surface area (TPSA) is 92.1 Å². The molecule has 0 radical (unpaired) electrons. The first-order chi connectivity index (χ1) is 9.47. The van der Waals surface area contributed by atoms with Crippen molar-refractivity contribution < 1.29 is 14.1 Å². The fourth-order valence-electron chi connectivity index (χ4n) is 1.73. The Hall–Kier alpha value is -2.77. The number of benzene rings is 1. The normalized spacial score (nSPS) is 10.3. The Morgan fingerprint density at radius 3 is 2.85 bits per heavy atom. The second-order valence-corrected chi connectivity index (χ2v) is 4.22. The highest BCUT2D eigenvalue weighted by Gasteiger charge is 2.18. The molecule has 8 heteroatoms. The summed E-state index contributed by atoms with van der Waals surface area (Å²) in [6, 6.07) is 2.80. The Morgan fingerprint density at radius 1 is 1.50 bits per heavy atom. The van der Waals surface area contributed by atoms with Crippen molar-refractivity contribution in [1.82, 2.24) is 15.1 Å². The maximum Gasteiger partial charge on any atom is 0.273 e. The van der Waals surface area contributed by atoms with Gasteiger partial charge in [-0.15, -0.1) is 0 Å². The third kappa shape index (κ3) is 2.97. The number of H-pyrrole nitrogens is 1. The van der Waals surface area contributed by atoms with Gasteiger partial charge in [0.15, 0.2) is 0 Å². The van der Waals surface area contributed by atoms with E-state index in [9.17, 15) is 19.3 Å². The largest absolute Gasteiger partial charge is 0.337 e. The SMILES string of the molecule is CN(Cc1cn[nH]c1)C(=O)c1cc(F)cc([N+](=O)[O-])c1. The molecular formula is C12H11FN4O3. The van der Waals surface area contributed by atoms with Gasteiger partial charge in [0.2, 0.25) is 0 Å². The molecule has 2 aromatic rings. The van der Waals surface area contributed by atoms with Crippen LogP contribution >= 0.6 is 0 Å². The molecule has 7 nitrogen and oxygen atoms in total. The average molecular weight is 278 g/mol. The number of carbonyl (C=O) groups excluding carboxylic acids is 1. The third-order valence-corrected chi connectivity index (χ3v) is 2.66. The van der Waals surface area contributed by atoms with Gasteiger partial charge in [-0.05, 0) is 6.07 Å². The number of aromatic amines is 1. The quantitative estimate of drug-likeness (QED) is 0.681. The molecular weight excluding hydrogens is 267 g/mol. The van der Waals surface area contributed by atoms with Crippen LogP contribution in [0.15, 0.2) is 30.6 Å². The highest BCUT2D eigenvalue weighted by Crippen LogP contribution is 2.18. The second-order valence-electron chi connectivity index (χ2n) is 4.22. The number of nitrogens with zero attached hydrogens (tertiary/aromatic N) is 3. The van der Waals surface area contributed by atoms with E-state index in [1.54, 1.807) is 12.4 Å². The van der Waals surface area contributed by atoms with E-state index in [0.29, 0.717) is 0 Å². The maximum atomic E-state index is 13.3. The summed E-state index contributed by atoms with van der Waals surface area (Å²) in [6.07, 6.45) is 3.18. The third-order valence-electron chi connectivity index (χ3n) is 2.66. The van der Waals surface area contributed by atoms with Crippen molar-refractivity contribution in [1.29, 1.82) is 0 Å². The van der Waals surface area contributed by atoms with Gasteiger partial charge in [0.1, 0.15) is 5.82 Å². The zero-order chi connectivity index (χ0) is 14.7. The molecule has 0 aliphatic carbocycles. The van der Waals surface area contributed by atoms with E-state index in [1.165, 1.54) is 11.9 Å². The van der Waals surface area contributed by atoms with Crippen molar-refractivity contribution in [2.45, 2.75) is 6.54 Å². The molecule has 1 amide bonds. The van der Waals surface area contributed by atoms with Gasteiger partial charge in [0, 0.05) is 37.0 Å². The monoisotopic (exact) mass is 278 g/mol. The predicted molar refractivity (Wildman–Crippen MR) is 67.4 cm³/mol. The summed E-state index contributed by atoms with van der Waals surface area (Å²) < 4.78 is 13.3. The van der Waals surface area contributed by atoms with Crippen LogP contribution in [0.25, 0.3) is 0 Å². The molecule has 0 atom stereocenters. The number of carbonyl (C=O) groups is 1. The number of nitro groups is 1. The molecule has 0 saturated heterocycles. The molecule has 1 aromatic carbocycles. The molecule has 0 saturated carbocycles. The first kappa shape index (κ1) is 13.7. The van der Waals surface area contributed by atoms with Crippen LogP contribution in [0.5, 0.6) is 0 Å². The number of aromatic nitrogens is 2. The van der Waals surface area contributed by atoms with E-state index in [1.807, 2.05) is 0 Å². The first-order valence-electron chi connectivity index (χ1n) is 5.65. The van der Waals surface area contributed by atoms with Crippen LogP contribution in [0, 0.1) is 15.9 Å². The predicted octanol–water partition coefficient (Wildman–Crippen LogP) is 1.73. The lowest BCUT2D eigenvalue weighted by Gasteiger charge is -2.16. The lowest BCUT2D eigenvalue weighted by molar-refractivity contribution is -0.385. The van der Waals surface area contributed by atoms with Crippen LogP contribution in [0.1, 0.15) is 15.9 Å². The molecule has 0 fully saturated rings. The number of rotatable bonds is 4. The summed E-state index contributed by atoms with van der Waals surface area (Å²) in [7, 11) is 1.52. The highest BCUT2D eigenvalue weighted by atomic mass is 19.1. The number of nitrogens with one attached hydrogen (secondary N) is 1. The number of non-ortho nitro benzene ring substituents is 1. The Kier molecular flexibility index (Phi) is 3.74. The standard InChI is InChI=1S/C12H11FN4O3/c1-16(7-8-5-14-15-6-8)12(18)9-2-10(13)4-11(3-9)17(19)20/h2-6H,7H2,1H3,(H,14,15). The van der Waals surface area contributed by atoms with E-state index in [2.05, 4.69) is 10.2 Å². The second kappa shape index (κ2) is 5.47. The maximum absolute atomic E-state index is 13.3. The number of hydrogen-bond acceptors (Lipinski definition) is 4. The smallest absolute Gasteiger partial charge is 0.273 e. The highest BCUT2D eigenvalue weighted by molar-refractivity contribution is 5.94. The fourth-order valence-corrected chi connectivity index (χ4v) is 1.73. The van der Waals surface area contributed by atoms with Gasteiger partial charge in [-0.25, -0.2) is 4.39 Å². The van der Waals surface area contributed by atoms with Crippen molar-refractivity contribution in [3.05, 3.63) is 57.7 Å². The molecule has 2 rings (SSSR count). The lowest BCUT2D eigenvalue weighted by atomic mass is 10.1. The molecule has 0 aliphatic rings. The minimum absolute atomic E-state index is 0.0669. The molecule has 1 N–H and O–H groups in total. The van der Waals surface area contributed by atoms with Gasteiger partial charge in [0.25, 0.3) is 11.6 Å². The van der Waals surface area contributed by atoms with Crippen LogP contribution in [-0.4, -0.2) is 33.0 Å². The van der Waals surface area contributed by atoms with Crippen molar-refractivity contribution in [2.75, 3.05) is 7.05 Å². The zero-order valence-electron chi connectivity index (χ0n) is 10.5. The van der Waals surface area contributed by atoms with Crippen LogP contribution in [0.3, 0.4) is 0 Å². The lowest BCUT2D eigenvalue weighted by Crippen LogP contribution is -2.26. The van der Waals surface area contributed by atoms with E-state index >= 15 is 0 Å². The van der Waals surface area contributed by atoms with E-state index in [4.69, 9.17) is 0 Å². The van der Waals surface area contributed by atoms with Gasteiger partial charge in [-0.2, -0.15) is 5.10 Å². The number of amides is 1. The van der Waals surface area contributed by atoms with Crippen LogP contribution in [-0.2, 0) is 6.54 Å². The molecule has 1 aromatic heterocycles. The summed E-state index contributed by atoms with van der Waals surface area (Å²) in [5, 5.41) is 17.0. The van der Waals surface area contributed by atoms with Gasteiger partial charge < -0.3 is 4.90 Å². The Bertz CT molecular complexity index is 642. The molecule has 0 spiro atoms. The Morgan fingerprint density at radius 2 is 2.25 bits per heavy atom. The molecule has 1 heterocycles. The minimum Gasteiger partial charge on any atom is -0.337 e. The Labute approximate surface area is 113 Å². The first-order valence-corrected chi connectivity index (χ1v) is 5.65. The summed E-state index contributed by atoms with van der Waals surface area (Å²) in [4.78, 5) is 23.3. The number of hydrogen-bond donors (Lipinski definition) is 1. The molecule has 0 aliphatic heterocycles. The van der Waals surface area contributed by atoms with Crippen molar-refractivity contribution in [3.8, 4) is 0 Å². The summed E-state index contributed by atoms with van der Waals surface area (Å²) in [6.45, 7) is 0.264. The van der Waals surface area contributed by atoms with Crippen LogP contribution in [0.4, 0.5) is 10.1 Å². The summed E-state index contributed by atoms with van der Waals surface area (Å²) in [5.41, 5.74) is 0.250. The van der Waals surface area contributed by atoms with Crippen molar-refractivity contribution in [2.24, 2.45) is 0 Å². The van der Waals surface area contributed by atoms with E-state index in [-0.39, 0.29) is 12.1 Å². The summed E-state index contributed by atoms with van der Waals surface area (Å²) >= 11 is 0. The van der Waals surface area contributed by atoms with E-state index < -0.39 is 22.3 Å². The zero-order valence-corrected chi connectivity index (χ0v) is 10.5. The van der Waals surface area contributed by atoms with Crippen LogP contribution < -0.4 is 0 Å². The Balaban J connectivity index is 2.22. The minimum atomic E-state index is -0.820. The average Bonchev–Trinajstić information content (AvgIpc) is 2.89.